The molecular formula is C36H34N2O9. The van der Waals surface area contributed by atoms with Crippen LogP contribution in [0.4, 0.5) is 0 Å². The molecule has 1 fully saturated rings. The lowest BCUT2D eigenvalue weighted by Gasteiger charge is -2.25. The maximum atomic E-state index is 13.4. The second-order valence-corrected chi connectivity index (χ2v) is 10.8. The van der Waals surface area contributed by atoms with E-state index >= 15 is 0 Å². The number of aromatic nitrogens is 2. The van der Waals surface area contributed by atoms with Crippen molar-refractivity contribution in [2.24, 2.45) is 0 Å². The Labute approximate surface area is 271 Å². The first-order valence-corrected chi connectivity index (χ1v) is 15.2. The van der Waals surface area contributed by atoms with Gasteiger partial charge in [-0.1, -0.05) is 67.9 Å². The topological polar surface area (TPSA) is 143 Å². The van der Waals surface area contributed by atoms with Crippen LogP contribution in [-0.4, -0.2) is 57.5 Å². The van der Waals surface area contributed by atoms with E-state index in [4.69, 9.17) is 18.9 Å². The highest BCUT2D eigenvalue weighted by Gasteiger charge is 2.51. The molecule has 0 amide bonds. The van der Waals surface area contributed by atoms with Gasteiger partial charge in [-0.05, 0) is 48.9 Å². The first-order chi connectivity index (χ1) is 22.8. The number of hydrogen-bond donors (Lipinski definition) is 1. The molecule has 1 aliphatic rings. The molecule has 4 atom stereocenters. The van der Waals surface area contributed by atoms with Crippen molar-refractivity contribution in [2.75, 3.05) is 6.61 Å². The van der Waals surface area contributed by atoms with E-state index in [1.54, 1.807) is 91.0 Å². The minimum Gasteiger partial charge on any atom is -0.512 e. The largest absolute Gasteiger partial charge is 0.512 e. The molecule has 1 saturated heterocycles. The Bertz CT molecular complexity index is 1760. The van der Waals surface area contributed by atoms with Crippen molar-refractivity contribution in [3.05, 3.63) is 142 Å². The molecule has 1 N–H and O–H groups in total. The van der Waals surface area contributed by atoms with Crippen molar-refractivity contribution in [1.82, 2.24) is 9.55 Å². The van der Waals surface area contributed by atoms with E-state index in [1.807, 2.05) is 6.92 Å². The van der Waals surface area contributed by atoms with Gasteiger partial charge in [0.25, 0.3) is 0 Å². The Morgan fingerprint density at radius 2 is 1.34 bits per heavy atom. The van der Waals surface area contributed by atoms with Crippen LogP contribution in [0.1, 0.15) is 69.2 Å². The Kier molecular flexibility index (Phi) is 10.9. The zero-order valence-corrected chi connectivity index (χ0v) is 25.6. The number of esters is 3. The highest BCUT2D eigenvalue weighted by molar-refractivity contribution is 5.91. The molecule has 0 saturated carbocycles. The van der Waals surface area contributed by atoms with Crippen molar-refractivity contribution in [1.29, 1.82) is 0 Å². The average molecular weight is 639 g/mol. The van der Waals surface area contributed by atoms with Gasteiger partial charge in [0.05, 0.1) is 28.1 Å². The first-order valence-electron chi connectivity index (χ1n) is 15.2. The molecule has 1 aliphatic heterocycles. The smallest absolute Gasteiger partial charge is 0.350 e. The number of carbonyl (C=O) groups is 3. The molecular weight excluding hydrogens is 604 g/mol. The lowest BCUT2D eigenvalue weighted by Crippen LogP contribution is -2.42. The van der Waals surface area contributed by atoms with Crippen LogP contribution in [0.15, 0.2) is 114 Å². The quantitative estimate of drug-likeness (QED) is 0.119. The Morgan fingerprint density at radius 1 is 0.809 bits per heavy atom. The van der Waals surface area contributed by atoms with Gasteiger partial charge in [-0.2, -0.15) is 4.98 Å². The third-order valence-corrected chi connectivity index (χ3v) is 7.41. The normalized spacial score (nSPS) is 19.1. The third kappa shape index (κ3) is 8.39. The Hall–Kier alpha value is -5.55. The van der Waals surface area contributed by atoms with Gasteiger partial charge in [0, 0.05) is 18.7 Å². The molecule has 3 aromatic carbocycles. The van der Waals surface area contributed by atoms with E-state index in [-0.39, 0.29) is 28.1 Å². The van der Waals surface area contributed by atoms with Crippen molar-refractivity contribution in [2.45, 2.75) is 50.7 Å². The van der Waals surface area contributed by atoms with Gasteiger partial charge in [0.2, 0.25) is 0 Å². The maximum Gasteiger partial charge on any atom is 0.350 e. The second kappa shape index (κ2) is 15.6. The summed E-state index contributed by atoms with van der Waals surface area (Å²) < 4.78 is 24.7. The SMILES string of the molecule is CCCC/C(O)=C/c1ccn([C@@H]2O[C@H](COC(=O)c3ccccc3)[C@@H](OC(=O)c3ccccc3)[C@H]2OC(=O)c2ccccc2)c(=O)n1. The summed E-state index contributed by atoms with van der Waals surface area (Å²) in [4.78, 5) is 56.9. The zero-order chi connectivity index (χ0) is 33.2. The van der Waals surface area contributed by atoms with Crippen LogP contribution in [0, 0.1) is 0 Å². The van der Waals surface area contributed by atoms with E-state index in [0.29, 0.717) is 6.42 Å². The molecule has 1 aromatic heterocycles. The number of benzene rings is 3. The van der Waals surface area contributed by atoms with E-state index in [9.17, 15) is 24.3 Å². The molecule has 0 bridgehead atoms. The predicted octanol–water partition coefficient (Wildman–Crippen LogP) is 5.54. The first kappa shape index (κ1) is 32.8. The minimum absolute atomic E-state index is 0.0801. The monoisotopic (exact) mass is 638 g/mol. The van der Waals surface area contributed by atoms with E-state index in [2.05, 4.69) is 4.98 Å². The third-order valence-electron chi connectivity index (χ3n) is 7.41. The number of rotatable bonds is 12. The fourth-order valence-corrected chi connectivity index (χ4v) is 4.98. The average Bonchev–Trinajstić information content (AvgIpc) is 3.42. The summed E-state index contributed by atoms with van der Waals surface area (Å²) in [6, 6.07) is 26.1. The summed E-state index contributed by atoms with van der Waals surface area (Å²) in [5, 5.41) is 10.2. The molecule has 0 spiro atoms. The zero-order valence-electron chi connectivity index (χ0n) is 25.6. The molecule has 4 aromatic rings. The highest BCUT2D eigenvalue weighted by atomic mass is 16.7. The van der Waals surface area contributed by atoms with E-state index in [0.717, 1.165) is 17.4 Å². The van der Waals surface area contributed by atoms with E-state index in [1.165, 1.54) is 18.3 Å². The van der Waals surface area contributed by atoms with Gasteiger partial charge >= 0.3 is 23.6 Å². The number of unbranched alkanes of at least 4 members (excludes halogenated alkanes) is 1. The van der Waals surface area contributed by atoms with Gasteiger partial charge in [-0.25, -0.2) is 19.2 Å². The van der Waals surface area contributed by atoms with Crippen LogP contribution < -0.4 is 5.69 Å². The number of carbonyl (C=O) groups excluding carboxylic acids is 3. The van der Waals surface area contributed by atoms with Crippen LogP contribution in [-0.2, 0) is 18.9 Å². The summed E-state index contributed by atoms with van der Waals surface area (Å²) in [5.41, 5.74) is 0.172. The Morgan fingerprint density at radius 3 is 1.87 bits per heavy atom. The summed E-state index contributed by atoms with van der Waals surface area (Å²) in [5.74, 6) is -2.07. The van der Waals surface area contributed by atoms with Crippen LogP contribution in [0.25, 0.3) is 6.08 Å². The van der Waals surface area contributed by atoms with Crippen molar-refractivity contribution >= 4 is 24.0 Å². The van der Waals surface area contributed by atoms with Crippen LogP contribution in [0.5, 0.6) is 0 Å². The molecule has 5 rings (SSSR count). The van der Waals surface area contributed by atoms with E-state index < -0.39 is 54.7 Å². The Balaban J connectivity index is 1.50. The number of hydrogen-bond acceptors (Lipinski definition) is 10. The van der Waals surface area contributed by atoms with Crippen molar-refractivity contribution in [3.8, 4) is 0 Å². The van der Waals surface area contributed by atoms with Gasteiger partial charge in [-0.3, -0.25) is 4.57 Å². The second-order valence-electron chi connectivity index (χ2n) is 10.8. The molecule has 2 heterocycles. The number of nitrogens with zero attached hydrogens (tertiary/aromatic N) is 2. The molecule has 0 aliphatic carbocycles. The summed E-state index contributed by atoms with van der Waals surface area (Å²) in [6.45, 7) is 1.60. The van der Waals surface area contributed by atoms with Crippen molar-refractivity contribution in [3.63, 3.8) is 0 Å². The number of aliphatic hydroxyl groups excluding tert-OH is 1. The lowest BCUT2D eigenvalue weighted by molar-refractivity contribution is -0.0639. The van der Waals surface area contributed by atoms with Gasteiger partial charge < -0.3 is 24.1 Å². The van der Waals surface area contributed by atoms with Gasteiger partial charge in [-0.15, -0.1) is 0 Å². The standard InChI is InChI=1S/C36H34N2O9/c1-2-3-19-28(39)22-27-20-21-38(36(43)37-27)32-31(47-35(42)26-17-11-6-12-18-26)30(46-34(41)25-15-9-5-10-16-25)29(45-32)23-44-33(40)24-13-7-4-8-14-24/h4-18,20-22,29-32,39H,2-3,19,23H2,1H3/b28-22-/t29-,30-,31-,32-/m1/s1. The van der Waals surface area contributed by atoms with Gasteiger partial charge in [0.1, 0.15) is 12.7 Å². The predicted molar refractivity (Wildman–Crippen MR) is 171 cm³/mol. The van der Waals surface area contributed by atoms with Crippen LogP contribution in [0.2, 0.25) is 0 Å². The molecule has 0 unspecified atom stereocenters. The molecule has 242 valence electrons. The fourth-order valence-electron chi connectivity index (χ4n) is 4.98. The molecule has 11 nitrogen and oxygen atoms in total. The minimum atomic E-state index is -1.37. The fraction of sp³-hybridized carbons (Fsp3) is 0.250. The van der Waals surface area contributed by atoms with Crippen molar-refractivity contribution < 1.29 is 38.4 Å². The lowest BCUT2D eigenvalue weighted by atomic mass is 10.1. The summed E-state index contributed by atoms with van der Waals surface area (Å²) in [7, 11) is 0. The number of allylic oxidation sites excluding steroid dienone is 1. The highest BCUT2D eigenvalue weighted by Crippen LogP contribution is 2.35. The van der Waals surface area contributed by atoms with Gasteiger partial charge in [0.15, 0.2) is 18.4 Å². The summed E-state index contributed by atoms with van der Waals surface area (Å²) >= 11 is 0. The maximum absolute atomic E-state index is 13.4. The summed E-state index contributed by atoms with van der Waals surface area (Å²) in [6.07, 6.45) is -0.292. The molecule has 47 heavy (non-hydrogen) atoms. The van der Waals surface area contributed by atoms with Crippen LogP contribution in [0.3, 0.4) is 0 Å². The number of ether oxygens (including phenoxy) is 4. The molecule has 11 heteroatoms. The number of aliphatic hydroxyl groups is 1. The van der Waals surface area contributed by atoms with Crippen LogP contribution >= 0.6 is 0 Å². The molecule has 0 radical (unpaired) electrons.